The van der Waals surface area contributed by atoms with Crippen LogP contribution in [0.5, 0.6) is 5.88 Å². The molecule has 2 rings (SSSR count). The van der Waals surface area contributed by atoms with Crippen molar-refractivity contribution in [1.82, 2.24) is 4.98 Å². The second-order valence-corrected chi connectivity index (χ2v) is 4.86. The molecule has 0 unspecified atom stereocenters. The van der Waals surface area contributed by atoms with Crippen molar-refractivity contribution in [3.63, 3.8) is 0 Å². The minimum Gasteiger partial charge on any atom is -0.471 e. The fourth-order valence-electron chi connectivity index (χ4n) is 1.72. The summed E-state index contributed by atoms with van der Waals surface area (Å²) in [7, 11) is 0. The Morgan fingerprint density at radius 3 is 2.78 bits per heavy atom. The lowest BCUT2D eigenvalue weighted by Gasteiger charge is -2.08. The molecule has 1 aromatic heterocycles. The van der Waals surface area contributed by atoms with Gasteiger partial charge in [0.05, 0.1) is 11.3 Å². The minimum absolute atomic E-state index is 0.0754. The number of benzene rings is 1. The van der Waals surface area contributed by atoms with E-state index >= 15 is 0 Å². The van der Waals surface area contributed by atoms with Crippen LogP contribution in [0.3, 0.4) is 0 Å². The highest BCUT2D eigenvalue weighted by molar-refractivity contribution is 5.49. The van der Waals surface area contributed by atoms with Crippen molar-refractivity contribution in [3.8, 4) is 5.88 Å². The van der Waals surface area contributed by atoms with Gasteiger partial charge in [-0.3, -0.25) is 0 Å². The molecule has 0 saturated heterocycles. The summed E-state index contributed by atoms with van der Waals surface area (Å²) in [6.07, 6.45) is 0.184. The van der Waals surface area contributed by atoms with Crippen molar-refractivity contribution in [2.75, 3.05) is 11.9 Å². The number of aromatic nitrogens is 1. The van der Waals surface area contributed by atoms with Crippen molar-refractivity contribution >= 4 is 5.69 Å². The van der Waals surface area contributed by atoms with Crippen LogP contribution in [-0.2, 0) is 0 Å². The first-order chi connectivity index (χ1) is 11.0. The smallest absolute Gasteiger partial charge is 0.266 e. The summed E-state index contributed by atoms with van der Waals surface area (Å²) in [6.45, 7) is 1.98. The summed E-state index contributed by atoms with van der Waals surface area (Å²) in [4.78, 5) is 4.06. The molecule has 0 bridgehead atoms. The second kappa shape index (κ2) is 7.53. The first-order valence-corrected chi connectivity index (χ1v) is 6.80. The van der Waals surface area contributed by atoms with Gasteiger partial charge in [-0.1, -0.05) is 6.07 Å². The standard InChI is InChI=1S/C16H16F3N3O/c1-10-2-5-15(22-7-10)23-9-11(20)8-21-12-3-4-14(17)13(6-12)16(18)19/h2-8,16,21H,9,20H2,1H3/b11-8-. The monoisotopic (exact) mass is 323 g/mol. The maximum absolute atomic E-state index is 13.2. The normalized spacial score (nSPS) is 11.6. The van der Waals surface area contributed by atoms with Crippen LogP contribution in [-0.4, -0.2) is 11.6 Å². The van der Waals surface area contributed by atoms with E-state index in [4.69, 9.17) is 10.5 Å². The van der Waals surface area contributed by atoms with E-state index in [1.807, 2.05) is 13.0 Å². The summed E-state index contributed by atoms with van der Waals surface area (Å²) in [5.41, 5.74) is 6.73. The lowest BCUT2D eigenvalue weighted by molar-refractivity contribution is 0.146. The number of rotatable bonds is 6. The highest BCUT2D eigenvalue weighted by Gasteiger charge is 2.13. The summed E-state index contributed by atoms with van der Waals surface area (Å²) in [6, 6.07) is 6.91. The molecule has 23 heavy (non-hydrogen) atoms. The van der Waals surface area contributed by atoms with Gasteiger partial charge in [0.1, 0.15) is 12.4 Å². The molecule has 0 aliphatic rings. The molecule has 2 aromatic rings. The zero-order chi connectivity index (χ0) is 16.8. The molecule has 0 aliphatic carbocycles. The second-order valence-electron chi connectivity index (χ2n) is 4.86. The van der Waals surface area contributed by atoms with Crippen molar-refractivity contribution < 1.29 is 17.9 Å². The van der Waals surface area contributed by atoms with Crippen LogP contribution in [0.4, 0.5) is 18.9 Å². The quantitative estimate of drug-likeness (QED) is 0.850. The molecule has 0 fully saturated rings. The van der Waals surface area contributed by atoms with Gasteiger partial charge in [-0.15, -0.1) is 0 Å². The SMILES string of the molecule is Cc1ccc(OC/C(N)=C/Nc2ccc(F)c(C(F)F)c2)nc1. The molecular weight excluding hydrogens is 307 g/mol. The van der Waals surface area contributed by atoms with Crippen LogP contribution in [0.1, 0.15) is 17.6 Å². The zero-order valence-corrected chi connectivity index (χ0v) is 12.4. The number of hydrogen-bond donors (Lipinski definition) is 2. The first kappa shape index (κ1) is 16.7. The Hall–Kier alpha value is -2.70. The van der Waals surface area contributed by atoms with Gasteiger partial charge >= 0.3 is 0 Å². The van der Waals surface area contributed by atoms with Crippen LogP contribution < -0.4 is 15.8 Å². The maximum Gasteiger partial charge on any atom is 0.266 e. The van der Waals surface area contributed by atoms with Crippen molar-refractivity contribution in [1.29, 1.82) is 0 Å². The molecule has 7 heteroatoms. The number of anilines is 1. The van der Waals surface area contributed by atoms with Gasteiger partial charge < -0.3 is 15.8 Å². The van der Waals surface area contributed by atoms with Gasteiger partial charge in [0.25, 0.3) is 6.43 Å². The number of pyridine rings is 1. The first-order valence-electron chi connectivity index (χ1n) is 6.80. The summed E-state index contributed by atoms with van der Waals surface area (Å²) >= 11 is 0. The van der Waals surface area contributed by atoms with Gasteiger partial charge in [0.2, 0.25) is 5.88 Å². The van der Waals surface area contributed by atoms with E-state index in [0.717, 1.165) is 17.7 Å². The van der Waals surface area contributed by atoms with Crippen LogP contribution in [0, 0.1) is 12.7 Å². The molecule has 0 amide bonds. The Kier molecular flexibility index (Phi) is 5.46. The summed E-state index contributed by atoms with van der Waals surface area (Å²) in [5, 5.41) is 2.72. The number of alkyl halides is 2. The van der Waals surface area contributed by atoms with Gasteiger partial charge in [-0.25, -0.2) is 18.2 Å². The highest BCUT2D eigenvalue weighted by Crippen LogP contribution is 2.25. The number of nitrogens with zero attached hydrogens (tertiary/aromatic N) is 1. The molecule has 0 saturated carbocycles. The molecule has 122 valence electrons. The molecule has 0 aliphatic heterocycles. The Labute approximate surface area is 131 Å². The molecule has 0 atom stereocenters. The lowest BCUT2D eigenvalue weighted by atomic mass is 10.2. The fourth-order valence-corrected chi connectivity index (χ4v) is 1.72. The van der Waals surface area contributed by atoms with Crippen LogP contribution >= 0.6 is 0 Å². The van der Waals surface area contributed by atoms with Gasteiger partial charge in [0.15, 0.2) is 0 Å². The number of halogens is 3. The molecule has 4 nitrogen and oxygen atoms in total. The Morgan fingerprint density at radius 1 is 1.35 bits per heavy atom. The molecule has 3 N–H and O–H groups in total. The minimum atomic E-state index is -2.88. The number of nitrogens with one attached hydrogen (secondary N) is 1. The van der Waals surface area contributed by atoms with Crippen molar-refractivity contribution in [2.45, 2.75) is 13.3 Å². The van der Waals surface area contributed by atoms with Crippen LogP contribution in [0.2, 0.25) is 0 Å². The van der Waals surface area contributed by atoms with E-state index in [2.05, 4.69) is 10.3 Å². The van der Waals surface area contributed by atoms with E-state index in [1.165, 1.54) is 12.3 Å². The Balaban J connectivity index is 1.94. The summed E-state index contributed by atoms with van der Waals surface area (Å²) in [5.74, 6) is -0.523. The van der Waals surface area contributed by atoms with Crippen molar-refractivity contribution in [3.05, 3.63) is 65.4 Å². The van der Waals surface area contributed by atoms with E-state index in [-0.39, 0.29) is 6.61 Å². The van der Waals surface area contributed by atoms with E-state index < -0.39 is 17.8 Å². The fraction of sp³-hybridized carbons (Fsp3) is 0.188. The number of nitrogens with two attached hydrogens (primary N) is 1. The zero-order valence-electron chi connectivity index (χ0n) is 12.4. The largest absolute Gasteiger partial charge is 0.471 e. The number of aryl methyl sites for hydroxylation is 1. The predicted molar refractivity (Wildman–Crippen MR) is 81.7 cm³/mol. The molecule has 1 aromatic carbocycles. The molecule has 0 radical (unpaired) electrons. The topological polar surface area (TPSA) is 60.2 Å². The molecule has 0 spiro atoms. The average molecular weight is 323 g/mol. The lowest BCUT2D eigenvalue weighted by Crippen LogP contribution is -2.11. The number of ether oxygens (including phenoxy) is 1. The van der Waals surface area contributed by atoms with Crippen molar-refractivity contribution in [2.24, 2.45) is 5.73 Å². The van der Waals surface area contributed by atoms with E-state index in [0.29, 0.717) is 17.3 Å². The highest BCUT2D eigenvalue weighted by atomic mass is 19.3. The van der Waals surface area contributed by atoms with Gasteiger partial charge in [-0.2, -0.15) is 0 Å². The van der Waals surface area contributed by atoms with Crippen LogP contribution in [0.25, 0.3) is 0 Å². The van der Waals surface area contributed by atoms with Gasteiger partial charge in [-0.05, 0) is 30.7 Å². The van der Waals surface area contributed by atoms with E-state index in [9.17, 15) is 13.2 Å². The molecular formula is C16H16F3N3O. The third kappa shape index (κ3) is 4.91. The Bertz CT molecular complexity index is 687. The summed E-state index contributed by atoms with van der Waals surface area (Å²) < 4.78 is 43.8. The maximum atomic E-state index is 13.2. The van der Waals surface area contributed by atoms with Crippen LogP contribution in [0.15, 0.2) is 48.4 Å². The third-order valence-electron chi connectivity index (χ3n) is 2.93. The number of hydrogen-bond acceptors (Lipinski definition) is 4. The van der Waals surface area contributed by atoms with Gasteiger partial charge in [0, 0.05) is 24.2 Å². The Morgan fingerprint density at radius 2 is 2.13 bits per heavy atom. The third-order valence-corrected chi connectivity index (χ3v) is 2.93. The average Bonchev–Trinajstić information content (AvgIpc) is 2.53. The molecule has 1 heterocycles. The predicted octanol–water partition coefficient (Wildman–Crippen LogP) is 3.76. The van der Waals surface area contributed by atoms with E-state index in [1.54, 1.807) is 12.3 Å².